The number of hydrogen-bond acceptors (Lipinski definition) is 5. The van der Waals surface area contributed by atoms with E-state index in [1.54, 1.807) is 4.90 Å². The van der Waals surface area contributed by atoms with Crippen LogP contribution in [0.15, 0.2) is 18.2 Å². The second-order valence-electron chi connectivity index (χ2n) is 6.24. The van der Waals surface area contributed by atoms with Gasteiger partial charge in [-0.1, -0.05) is 32.0 Å². The van der Waals surface area contributed by atoms with Gasteiger partial charge >= 0.3 is 5.97 Å². The second-order valence-corrected chi connectivity index (χ2v) is 6.24. The average Bonchev–Trinajstić information content (AvgIpc) is 2.63. The average molecular weight is 364 g/mol. The Morgan fingerprint density at radius 3 is 2.15 bits per heavy atom. The van der Waals surface area contributed by atoms with E-state index in [4.69, 9.17) is 9.47 Å². The maximum Gasteiger partial charge on any atom is 0.307 e. The molecule has 0 aliphatic rings. The SMILES string of the molecule is CCN(CC)CCN(CCC(=O)OC)C(=O)COc1c(C)cccc1C. The number of carbonyl (C=O) groups is 2. The van der Waals surface area contributed by atoms with Gasteiger partial charge in [0.25, 0.3) is 5.91 Å². The molecule has 1 rings (SSSR count). The van der Waals surface area contributed by atoms with Crippen molar-refractivity contribution in [1.82, 2.24) is 9.80 Å². The van der Waals surface area contributed by atoms with Gasteiger partial charge in [0.1, 0.15) is 5.75 Å². The lowest BCUT2D eigenvalue weighted by Crippen LogP contribution is -2.42. The van der Waals surface area contributed by atoms with Crippen LogP contribution in [0.3, 0.4) is 0 Å². The molecule has 0 bridgehead atoms. The van der Waals surface area contributed by atoms with Gasteiger partial charge in [-0.25, -0.2) is 0 Å². The molecule has 6 heteroatoms. The molecule has 0 saturated carbocycles. The number of esters is 1. The number of benzene rings is 1. The summed E-state index contributed by atoms with van der Waals surface area (Å²) in [6.45, 7) is 11.6. The molecule has 1 aromatic carbocycles. The van der Waals surface area contributed by atoms with Gasteiger partial charge in [0.2, 0.25) is 0 Å². The van der Waals surface area contributed by atoms with Gasteiger partial charge in [-0.2, -0.15) is 0 Å². The van der Waals surface area contributed by atoms with Crippen molar-refractivity contribution in [1.29, 1.82) is 0 Å². The lowest BCUT2D eigenvalue weighted by atomic mass is 10.1. The van der Waals surface area contributed by atoms with Gasteiger partial charge in [0.05, 0.1) is 13.5 Å². The lowest BCUT2D eigenvalue weighted by Gasteiger charge is -2.26. The number of aryl methyl sites for hydroxylation is 2. The summed E-state index contributed by atoms with van der Waals surface area (Å²) in [6, 6.07) is 5.89. The number of hydrogen-bond donors (Lipinski definition) is 0. The zero-order valence-corrected chi connectivity index (χ0v) is 16.7. The van der Waals surface area contributed by atoms with Crippen LogP contribution in [0.25, 0.3) is 0 Å². The fraction of sp³-hybridized carbons (Fsp3) is 0.600. The number of carbonyl (C=O) groups excluding carboxylic acids is 2. The fourth-order valence-corrected chi connectivity index (χ4v) is 2.74. The molecule has 0 aromatic heterocycles. The van der Waals surface area contributed by atoms with E-state index in [0.717, 1.165) is 36.5 Å². The van der Waals surface area contributed by atoms with Gasteiger partial charge in [-0.05, 0) is 38.1 Å². The number of para-hydroxylation sites is 1. The molecule has 0 radical (unpaired) electrons. The number of rotatable bonds is 11. The van der Waals surface area contributed by atoms with E-state index >= 15 is 0 Å². The normalized spacial score (nSPS) is 10.7. The number of methoxy groups -OCH3 is 1. The molecule has 0 fully saturated rings. The van der Waals surface area contributed by atoms with Crippen LogP contribution in [-0.4, -0.2) is 68.1 Å². The predicted molar refractivity (Wildman–Crippen MR) is 102 cm³/mol. The number of ether oxygens (including phenoxy) is 2. The minimum absolute atomic E-state index is 0.0366. The Morgan fingerprint density at radius 2 is 1.62 bits per heavy atom. The quantitative estimate of drug-likeness (QED) is 0.565. The Labute approximate surface area is 157 Å². The summed E-state index contributed by atoms with van der Waals surface area (Å²) in [5.74, 6) is 0.308. The summed E-state index contributed by atoms with van der Waals surface area (Å²) in [5.41, 5.74) is 2.00. The van der Waals surface area contributed by atoms with Gasteiger partial charge < -0.3 is 19.3 Å². The van der Waals surface area contributed by atoms with E-state index in [2.05, 4.69) is 18.7 Å². The minimum atomic E-state index is -0.318. The third kappa shape index (κ3) is 7.04. The molecule has 6 nitrogen and oxygen atoms in total. The maximum absolute atomic E-state index is 12.7. The van der Waals surface area contributed by atoms with E-state index in [0.29, 0.717) is 13.1 Å². The lowest BCUT2D eigenvalue weighted by molar-refractivity contribution is -0.142. The third-order valence-electron chi connectivity index (χ3n) is 4.50. The van der Waals surface area contributed by atoms with Crippen molar-refractivity contribution in [3.05, 3.63) is 29.3 Å². The molecule has 1 amide bonds. The van der Waals surface area contributed by atoms with E-state index in [1.165, 1.54) is 7.11 Å². The van der Waals surface area contributed by atoms with Crippen LogP contribution >= 0.6 is 0 Å². The Morgan fingerprint density at radius 1 is 1.00 bits per heavy atom. The second kappa shape index (κ2) is 11.5. The van der Waals surface area contributed by atoms with Crippen molar-refractivity contribution in [2.45, 2.75) is 34.1 Å². The highest BCUT2D eigenvalue weighted by molar-refractivity contribution is 5.78. The highest BCUT2D eigenvalue weighted by atomic mass is 16.5. The van der Waals surface area contributed by atoms with Gasteiger partial charge in [0.15, 0.2) is 6.61 Å². The largest absolute Gasteiger partial charge is 0.483 e. The Hall–Kier alpha value is -2.08. The highest BCUT2D eigenvalue weighted by Gasteiger charge is 2.17. The summed E-state index contributed by atoms with van der Waals surface area (Å²) in [7, 11) is 1.36. The molecule has 0 atom stereocenters. The minimum Gasteiger partial charge on any atom is -0.483 e. The van der Waals surface area contributed by atoms with Crippen LogP contribution < -0.4 is 4.74 Å². The molecule has 0 aliphatic heterocycles. The monoisotopic (exact) mass is 364 g/mol. The van der Waals surface area contributed by atoms with Crippen LogP contribution in [0.5, 0.6) is 5.75 Å². The van der Waals surface area contributed by atoms with Crippen molar-refractivity contribution < 1.29 is 19.1 Å². The molecule has 0 aliphatic carbocycles. The third-order valence-corrected chi connectivity index (χ3v) is 4.50. The molecule has 0 N–H and O–H groups in total. The van der Waals surface area contributed by atoms with Crippen LogP contribution in [0.2, 0.25) is 0 Å². The molecular weight excluding hydrogens is 332 g/mol. The molecule has 26 heavy (non-hydrogen) atoms. The molecule has 146 valence electrons. The Kier molecular flexibility index (Phi) is 9.73. The Bertz CT molecular complexity index is 565. The zero-order valence-electron chi connectivity index (χ0n) is 16.7. The molecule has 1 aromatic rings. The van der Waals surface area contributed by atoms with Crippen LogP contribution in [0.1, 0.15) is 31.4 Å². The van der Waals surface area contributed by atoms with E-state index in [1.807, 2.05) is 32.0 Å². The summed E-state index contributed by atoms with van der Waals surface area (Å²) >= 11 is 0. The van der Waals surface area contributed by atoms with Gasteiger partial charge in [-0.15, -0.1) is 0 Å². The number of nitrogens with zero attached hydrogens (tertiary/aromatic N) is 2. The number of amides is 1. The van der Waals surface area contributed by atoms with Crippen LogP contribution in [0.4, 0.5) is 0 Å². The standard InChI is InChI=1S/C20H32N2O4/c1-6-21(7-2)13-14-22(12-11-19(24)25-5)18(23)15-26-20-16(3)9-8-10-17(20)4/h8-10H,6-7,11-15H2,1-5H3. The molecule has 0 saturated heterocycles. The van der Waals surface area contributed by atoms with E-state index in [9.17, 15) is 9.59 Å². The Balaban J connectivity index is 2.70. The smallest absolute Gasteiger partial charge is 0.307 e. The van der Waals surface area contributed by atoms with Crippen LogP contribution in [0, 0.1) is 13.8 Å². The molecular formula is C20H32N2O4. The van der Waals surface area contributed by atoms with Crippen molar-refractivity contribution >= 4 is 11.9 Å². The van der Waals surface area contributed by atoms with Crippen molar-refractivity contribution in [3.63, 3.8) is 0 Å². The number of likely N-dealkylation sites (N-methyl/N-ethyl adjacent to an activating group) is 1. The molecule has 0 unspecified atom stereocenters. The summed E-state index contributed by atoms with van der Waals surface area (Å²) in [6.07, 6.45) is 0.184. The first kappa shape index (κ1) is 22.0. The van der Waals surface area contributed by atoms with Crippen LogP contribution in [-0.2, 0) is 14.3 Å². The topological polar surface area (TPSA) is 59.1 Å². The zero-order chi connectivity index (χ0) is 19.5. The summed E-state index contributed by atoms with van der Waals surface area (Å²) in [4.78, 5) is 28.0. The van der Waals surface area contributed by atoms with Gasteiger partial charge in [-0.3, -0.25) is 9.59 Å². The van der Waals surface area contributed by atoms with Crippen molar-refractivity contribution in [3.8, 4) is 5.75 Å². The van der Waals surface area contributed by atoms with Gasteiger partial charge in [0, 0.05) is 19.6 Å². The van der Waals surface area contributed by atoms with Crippen molar-refractivity contribution in [2.75, 3.05) is 46.4 Å². The predicted octanol–water partition coefficient (Wildman–Crippen LogP) is 2.42. The molecule has 0 heterocycles. The highest BCUT2D eigenvalue weighted by Crippen LogP contribution is 2.22. The molecule has 0 spiro atoms. The summed E-state index contributed by atoms with van der Waals surface area (Å²) < 4.78 is 10.5. The maximum atomic E-state index is 12.7. The fourth-order valence-electron chi connectivity index (χ4n) is 2.74. The van der Waals surface area contributed by atoms with Crippen molar-refractivity contribution in [2.24, 2.45) is 0 Å². The van der Waals surface area contributed by atoms with E-state index in [-0.39, 0.29) is 24.9 Å². The first-order valence-electron chi connectivity index (χ1n) is 9.18. The van der Waals surface area contributed by atoms with E-state index < -0.39 is 0 Å². The first-order chi connectivity index (χ1) is 12.4. The summed E-state index contributed by atoms with van der Waals surface area (Å²) in [5, 5.41) is 0. The first-order valence-corrected chi connectivity index (χ1v) is 9.18.